The summed E-state index contributed by atoms with van der Waals surface area (Å²) >= 11 is 0. The maximum atomic E-state index is 12.0. The van der Waals surface area contributed by atoms with Crippen LogP contribution in [-0.4, -0.2) is 29.4 Å². The lowest BCUT2D eigenvalue weighted by molar-refractivity contribution is -0.135. The van der Waals surface area contributed by atoms with Crippen molar-refractivity contribution >= 4 is 5.91 Å². The number of hydrogen-bond donors (Lipinski definition) is 1. The molecule has 0 aromatic carbocycles. The number of amides is 1. The van der Waals surface area contributed by atoms with Gasteiger partial charge >= 0.3 is 0 Å². The fourth-order valence-corrected chi connectivity index (χ4v) is 2.67. The van der Waals surface area contributed by atoms with Crippen molar-refractivity contribution in [3.8, 4) is 0 Å². The van der Waals surface area contributed by atoms with Gasteiger partial charge < -0.3 is 10.6 Å². The van der Waals surface area contributed by atoms with Crippen molar-refractivity contribution < 1.29 is 4.79 Å². The van der Waals surface area contributed by atoms with Crippen LogP contribution in [0.5, 0.6) is 0 Å². The Morgan fingerprint density at radius 3 is 2.57 bits per heavy atom. The molecule has 2 aliphatic rings. The van der Waals surface area contributed by atoms with Crippen LogP contribution < -0.4 is 5.73 Å². The largest absolute Gasteiger partial charge is 0.338 e. The number of piperidine rings is 1. The summed E-state index contributed by atoms with van der Waals surface area (Å²) < 4.78 is 0. The summed E-state index contributed by atoms with van der Waals surface area (Å²) in [6, 6.07) is 0.214. The van der Waals surface area contributed by atoms with E-state index in [2.05, 4.69) is 0 Å². The third kappa shape index (κ3) is 1.54. The second-order valence-electron chi connectivity index (χ2n) is 5.09. The van der Waals surface area contributed by atoms with Crippen LogP contribution in [0.15, 0.2) is 0 Å². The maximum Gasteiger partial charge on any atom is 0.240 e. The zero-order valence-corrected chi connectivity index (χ0v) is 9.07. The molecule has 2 N–H and O–H groups in total. The molecule has 2 fully saturated rings. The second kappa shape index (κ2) is 3.54. The summed E-state index contributed by atoms with van der Waals surface area (Å²) in [5.41, 5.74) is 5.88. The highest BCUT2D eigenvalue weighted by Crippen LogP contribution is 2.37. The molecule has 3 unspecified atom stereocenters. The van der Waals surface area contributed by atoms with Gasteiger partial charge in [0.25, 0.3) is 0 Å². The van der Waals surface area contributed by atoms with E-state index in [1.807, 2.05) is 18.7 Å². The van der Waals surface area contributed by atoms with Gasteiger partial charge in [0.1, 0.15) is 0 Å². The molecule has 0 spiro atoms. The third-order valence-electron chi connectivity index (χ3n) is 3.70. The van der Waals surface area contributed by atoms with E-state index >= 15 is 0 Å². The first kappa shape index (κ1) is 9.97. The normalized spacial score (nSPS) is 32.7. The lowest BCUT2D eigenvalue weighted by atomic mass is 10.0. The summed E-state index contributed by atoms with van der Waals surface area (Å²) in [5, 5.41) is 0. The summed E-state index contributed by atoms with van der Waals surface area (Å²) in [6.45, 7) is 4.98. The molecular formula is C11H20N2O. The van der Waals surface area contributed by atoms with E-state index in [9.17, 15) is 4.79 Å². The molecule has 1 saturated heterocycles. The zero-order valence-electron chi connectivity index (χ0n) is 9.07. The number of likely N-dealkylation sites (tertiary alicyclic amines) is 1. The highest BCUT2D eigenvalue weighted by Gasteiger charge is 2.41. The Morgan fingerprint density at radius 2 is 2.14 bits per heavy atom. The van der Waals surface area contributed by atoms with Crippen molar-refractivity contribution in [3.63, 3.8) is 0 Å². The van der Waals surface area contributed by atoms with Crippen LogP contribution >= 0.6 is 0 Å². The molecule has 0 aromatic rings. The smallest absolute Gasteiger partial charge is 0.240 e. The number of rotatable bonds is 2. The molecule has 0 radical (unpaired) electrons. The monoisotopic (exact) mass is 196 g/mol. The van der Waals surface area contributed by atoms with Crippen molar-refractivity contribution in [2.24, 2.45) is 17.6 Å². The highest BCUT2D eigenvalue weighted by molar-refractivity contribution is 5.82. The standard InChI is InChI=1S/C11H20N2O/c1-7(2)10(12)11(14)13-6-8-3-4-9(13)5-8/h7-10H,3-6,12H2,1-2H3. The Bertz CT molecular complexity index is 239. The fraction of sp³-hybridized carbons (Fsp3) is 0.909. The number of fused-ring (bicyclic) bond motifs is 2. The zero-order chi connectivity index (χ0) is 10.3. The van der Waals surface area contributed by atoms with Gasteiger partial charge in [-0.3, -0.25) is 4.79 Å². The van der Waals surface area contributed by atoms with E-state index in [-0.39, 0.29) is 17.9 Å². The number of nitrogens with two attached hydrogens (primary N) is 1. The minimum Gasteiger partial charge on any atom is -0.338 e. The molecule has 1 amide bonds. The molecular weight excluding hydrogens is 176 g/mol. The van der Waals surface area contributed by atoms with Gasteiger partial charge in [-0.25, -0.2) is 0 Å². The molecule has 3 nitrogen and oxygen atoms in total. The average Bonchev–Trinajstić information content (AvgIpc) is 2.76. The minimum atomic E-state index is -0.297. The summed E-state index contributed by atoms with van der Waals surface area (Å²) in [7, 11) is 0. The van der Waals surface area contributed by atoms with Crippen molar-refractivity contribution in [1.82, 2.24) is 4.90 Å². The van der Waals surface area contributed by atoms with Crippen LogP contribution in [0.1, 0.15) is 33.1 Å². The molecule has 1 saturated carbocycles. The first-order valence-corrected chi connectivity index (χ1v) is 5.65. The van der Waals surface area contributed by atoms with Crippen molar-refractivity contribution in [2.45, 2.75) is 45.2 Å². The van der Waals surface area contributed by atoms with Gasteiger partial charge in [-0.05, 0) is 31.1 Å². The molecule has 1 aliphatic heterocycles. The number of hydrogen-bond acceptors (Lipinski definition) is 2. The Balaban J connectivity index is 1.99. The van der Waals surface area contributed by atoms with Gasteiger partial charge in [0.05, 0.1) is 6.04 Å². The van der Waals surface area contributed by atoms with E-state index < -0.39 is 0 Å². The van der Waals surface area contributed by atoms with Gasteiger partial charge in [0.2, 0.25) is 5.91 Å². The Morgan fingerprint density at radius 1 is 1.43 bits per heavy atom. The van der Waals surface area contributed by atoms with Gasteiger partial charge in [-0.2, -0.15) is 0 Å². The maximum absolute atomic E-state index is 12.0. The van der Waals surface area contributed by atoms with Crippen molar-refractivity contribution in [3.05, 3.63) is 0 Å². The van der Waals surface area contributed by atoms with E-state index in [1.165, 1.54) is 19.3 Å². The van der Waals surface area contributed by atoms with Gasteiger partial charge in [-0.15, -0.1) is 0 Å². The second-order valence-corrected chi connectivity index (χ2v) is 5.09. The Kier molecular flexibility index (Phi) is 2.52. The first-order valence-electron chi connectivity index (χ1n) is 5.65. The molecule has 2 rings (SSSR count). The topological polar surface area (TPSA) is 46.3 Å². The third-order valence-corrected chi connectivity index (χ3v) is 3.70. The molecule has 0 aromatic heterocycles. The van der Waals surface area contributed by atoms with Crippen LogP contribution in [-0.2, 0) is 4.79 Å². The Labute approximate surface area is 85.6 Å². The summed E-state index contributed by atoms with van der Waals surface area (Å²) in [5.74, 6) is 1.19. The Hall–Kier alpha value is -0.570. The fourth-order valence-electron chi connectivity index (χ4n) is 2.67. The van der Waals surface area contributed by atoms with E-state index in [4.69, 9.17) is 5.73 Å². The number of carbonyl (C=O) groups is 1. The van der Waals surface area contributed by atoms with Crippen molar-refractivity contribution in [2.75, 3.05) is 6.54 Å². The SMILES string of the molecule is CC(C)C(N)C(=O)N1CC2CCC1C2. The van der Waals surface area contributed by atoms with E-state index in [1.54, 1.807) is 0 Å². The summed E-state index contributed by atoms with van der Waals surface area (Å²) in [4.78, 5) is 14.0. The molecule has 14 heavy (non-hydrogen) atoms. The lowest BCUT2D eigenvalue weighted by Gasteiger charge is -2.30. The van der Waals surface area contributed by atoms with Crippen LogP contribution in [0.4, 0.5) is 0 Å². The molecule has 2 bridgehead atoms. The van der Waals surface area contributed by atoms with Gasteiger partial charge in [0.15, 0.2) is 0 Å². The van der Waals surface area contributed by atoms with Gasteiger partial charge in [-0.1, -0.05) is 13.8 Å². The molecule has 3 heteroatoms. The number of carbonyl (C=O) groups excluding carboxylic acids is 1. The number of nitrogens with zero attached hydrogens (tertiary/aromatic N) is 1. The van der Waals surface area contributed by atoms with Crippen LogP contribution in [0.2, 0.25) is 0 Å². The van der Waals surface area contributed by atoms with Crippen molar-refractivity contribution in [1.29, 1.82) is 0 Å². The molecule has 3 atom stereocenters. The predicted molar refractivity (Wildman–Crippen MR) is 55.7 cm³/mol. The highest BCUT2D eigenvalue weighted by atomic mass is 16.2. The quantitative estimate of drug-likeness (QED) is 0.715. The van der Waals surface area contributed by atoms with Crippen LogP contribution in [0, 0.1) is 11.8 Å². The summed E-state index contributed by atoms with van der Waals surface area (Å²) in [6.07, 6.45) is 3.73. The minimum absolute atomic E-state index is 0.173. The lowest BCUT2D eigenvalue weighted by Crippen LogP contribution is -2.49. The predicted octanol–water partition coefficient (Wildman–Crippen LogP) is 0.981. The van der Waals surface area contributed by atoms with Crippen LogP contribution in [0.25, 0.3) is 0 Å². The van der Waals surface area contributed by atoms with Gasteiger partial charge in [0, 0.05) is 12.6 Å². The molecule has 1 heterocycles. The van der Waals surface area contributed by atoms with E-state index in [0.29, 0.717) is 6.04 Å². The molecule has 80 valence electrons. The first-order chi connectivity index (χ1) is 6.59. The van der Waals surface area contributed by atoms with Crippen LogP contribution in [0.3, 0.4) is 0 Å². The molecule has 1 aliphatic carbocycles. The van der Waals surface area contributed by atoms with E-state index in [0.717, 1.165) is 12.5 Å². The average molecular weight is 196 g/mol.